The highest BCUT2D eigenvalue weighted by Crippen LogP contribution is 2.21. The SMILES string of the molecule is CC(=O)c1cc(C(=O)N2CCC[C@@H](Nc3ccc(C(C)C)cc3)C2)[nH]n1. The summed E-state index contributed by atoms with van der Waals surface area (Å²) in [5, 5.41) is 10.1. The highest BCUT2D eigenvalue weighted by Gasteiger charge is 2.26. The molecule has 1 atom stereocenters. The van der Waals surface area contributed by atoms with Gasteiger partial charge < -0.3 is 10.2 Å². The van der Waals surface area contributed by atoms with Crippen LogP contribution in [0.5, 0.6) is 0 Å². The van der Waals surface area contributed by atoms with Crippen molar-refractivity contribution in [3.63, 3.8) is 0 Å². The fourth-order valence-corrected chi connectivity index (χ4v) is 3.26. The number of amides is 1. The highest BCUT2D eigenvalue weighted by atomic mass is 16.2. The van der Waals surface area contributed by atoms with Crippen molar-refractivity contribution in [3.05, 3.63) is 47.3 Å². The molecule has 0 spiro atoms. The number of benzene rings is 1. The molecule has 1 aromatic carbocycles. The second kappa shape index (κ2) is 7.72. The fourth-order valence-electron chi connectivity index (χ4n) is 3.26. The molecular weight excluding hydrogens is 328 g/mol. The largest absolute Gasteiger partial charge is 0.381 e. The summed E-state index contributed by atoms with van der Waals surface area (Å²) in [6.07, 6.45) is 1.97. The number of nitrogens with one attached hydrogen (secondary N) is 2. The topological polar surface area (TPSA) is 78.1 Å². The molecule has 1 fully saturated rings. The van der Waals surface area contributed by atoms with Gasteiger partial charge in [-0.1, -0.05) is 26.0 Å². The van der Waals surface area contributed by atoms with Crippen LogP contribution in [0.4, 0.5) is 5.69 Å². The number of hydrogen-bond donors (Lipinski definition) is 2. The Balaban J connectivity index is 1.63. The number of likely N-dealkylation sites (tertiary alicyclic amines) is 1. The summed E-state index contributed by atoms with van der Waals surface area (Å²) in [5.41, 5.74) is 3.06. The molecule has 1 aliphatic heterocycles. The van der Waals surface area contributed by atoms with Gasteiger partial charge in [-0.3, -0.25) is 14.7 Å². The van der Waals surface area contributed by atoms with Crippen molar-refractivity contribution in [1.82, 2.24) is 15.1 Å². The molecule has 6 heteroatoms. The summed E-state index contributed by atoms with van der Waals surface area (Å²) >= 11 is 0. The molecule has 0 radical (unpaired) electrons. The first kappa shape index (κ1) is 18.2. The maximum atomic E-state index is 12.7. The zero-order chi connectivity index (χ0) is 18.7. The summed E-state index contributed by atoms with van der Waals surface area (Å²) in [6, 6.07) is 10.2. The van der Waals surface area contributed by atoms with E-state index in [1.807, 2.05) is 4.90 Å². The molecule has 1 amide bonds. The number of piperidine rings is 1. The number of carbonyl (C=O) groups excluding carboxylic acids is 2. The van der Waals surface area contributed by atoms with Crippen LogP contribution < -0.4 is 5.32 Å². The molecule has 0 unspecified atom stereocenters. The second-order valence-electron chi connectivity index (χ2n) is 7.23. The molecule has 2 N–H and O–H groups in total. The summed E-state index contributed by atoms with van der Waals surface area (Å²) < 4.78 is 0. The Bertz CT molecular complexity index is 779. The number of H-pyrrole nitrogens is 1. The van der Waals surface area contributed by atoms with Gasteiger partial charge in [0.25, 0.3) is 5.91 Å². The Kier molecular flexibility index (Phi) is 5.40. The Morgan fingerprint density at radius 1 is 1.27 bits per heavy atom. The van der Waals surface area contributed by atoms with E-state index < -0.39 is 0 Å². The second-order valence-corrected chi connectivity index (χ2v) is 7.23. The molecule has 0 bridgehead atoms. The fraction of sp³-hybridized carbons (Fsp3) is 0.450. The van der Waals surface area contributed by atoms with Crippen LogP contribution in [0.3, 0.4) is 0 Å². The van der Waals surface area contributed by atoms with E-state index in [1.165, 1.54) is 18.6 Å². The van der Waals surface area contributed by atoms with Crippen molar-refractivity contribution in [3.8, 4) is 0 Å². The van der Waals surface area contributed by atoms with Crippen molar-refractivity contribution >= 4 is 17.4 Å². The van der Waals surface area contributed by atoms with Crippen LogP contribution in [-0.2, 0) is 0 Å². The first-order chi connectivity index (χ1) is 12.4. The van der Waals surface area contributed by atoms with E-state index in [0.29, 0.717) is 23.9 Å². The van der Waals surface area contributed by atoms with Gasteiger partial charge >= 0.3 is 0 Å². The van der Waals surface area contributed by atoms with Crippen LogP contribution in [-0.4, -0.2) is 45.9 Å². The predicted molar refractivity (Wildman–Crippen MR) is 102 cm³/mol. The van der Waals surface area contributed by atoms with Gasteiger partial charge in [-0.05, 0) is 42.5 Å². The first-order valence-electron chi connectivity index (χ1n) is 9.16. The molecule has 2 aromatic rings. The quantitative estimate of drug-likeness (QED) is 0.806. The smallest absolute Gasteiger partial charge is 0.271 e. The van der Waals surface area contributed by atoms with E-state index in [2.05, 4.69) is 53.6 Å². The Morgan fingerprint density at radius 3 is 2.62 bits per heavy atom. The van der Waals surface area contributed by atoms with Crippen molar-refractivity contribution in [2.24, 2.45) is 0 Å². The van der Waals surface area contributed by atoms with Gasteiger partial charge in [0.2, 0.25) is 0 Å². The van der Waals surface area contributed by atoms with Crippen LogP contribution >= 0.6 is 0 Å². The predicted octanol–water partition coefficient (Wildman–Crippen LogP) is 3.45. The molecular formula is C20H26N4O2. The van der Waals surface area contributed by atoms with Gasteiger partial charge in [-0.15, -0.1) is 0 Å². The number of carbonyl (C=O) groups is 2. The number of aromatic amines is 1. The minimum absolute atomic E-state index is 0.105. The van der Waals surface area contributed by atoms with Gasteiger partial charge in [0, 0.05) is 31.7 Å². The lowest BCUT2D eigenvalue weighted by Gasteiger charge is -2.33. The van der Waals surface area contributed by atoms with Crippen LogP contribution in [0.2, 0.25) is 0 Å². The Hall–Kier alpha value is -2.63. The maximum absolute atomic E-state index is 12.7. The van der Waals surface area contributed by atoms with Crippen molar-refractivity contribution in [2.75, 3.05) is 18.4 Å². The Morgan fingerprint density at radius 2 is 2.00 bits per heavy atom. The number of rotatable bonds is 5. The molecule has 0 saturated carbocycles. The van der Waals surface area contributed by atoms with Crippen molar-refractivity contribution in [2.45, 2.75) is 45.6 Å². The van der Waals surface area contributed by atoms with E-state index in [9.17, 15) is 9.59 Å². The average Bonchev–Trinajstić information content (AvgIpc) is 3.12. The van der Waals surface area contributed by atoms with Crippen LogP contribution in [0, 0.1) is 0 Å². The maximum Gasteiger partial charge on any atom is 0.271 e. The molecule has 6 nitrogen and oxygen atoms in total. The first-order valence-corrected chi connectivity index (χ1v) is 9.16. The minimum Gasteiger partial charge on any atom is -0.381 e. The zero-order valence-corrected chi connectivity index (χ0v) is 15.6. The van der Waals surface area contributed by atoms with Crippen molar-refractivity contribution in [1.29, 1.82) is 0 Å². The van der Waals surface area contributed by atoms with Gasteiger partial charge in [0.1, 0.15) is 11.4 Å². The molecule has 2 heterocycles. The third-order valence-corrected chi connectivity index (χ3v) is 4.83. The number of ketones is 1. The van der Waals surface area contributed by atoms with Gasteiger partial charge in [0.05, 0.1) is 0 Å². The van der Waals surface area contributed by atoms with Crippen LogP contribution in [0.1, 0.15) is 66.1 Å². The summed E-state index contributed by atoms with van der Waals surface area (Å²) in [4.78, 5) is 25.9. The molecule has 138 valence electrons. The zero-order valence-electron chi connectivity index (χ0n) is 15.6. The number of aromatic nitrogens is 2. The monoisotopic (exact) mass is 354 g/mol. The van der Waals surface area contributed by atoms with Crippen LogP contribution in [0.25, 0.3) is 0 Å². The summed E-state index contributed by atoms with van der Waals surface area (Å²) in [7, 11) is 0. The van der Waals surface area contributed by atoms with Gasteiger partial charge in [0.15, 0.2) is 5.78 Å². The lowest BCUT2D eigenvalue weighted by Crippen LogP contribution is -2.45. The third-order valence-electron chi connectivity index (χ3n) is 4.83. The van der Waals surface area contributed by atoms with Gasteiger partial charge in [-0.25, -0.2) is 0 Å². The number of Topliss-reactive ketones (excluding diaryl/α,β-unsaturated/α-hetero) is 1. The molecule has 1 aliphatic rings. The molecule has 0 aliphatic carbocycles. The number of anilines is 1. The summed E-state index contributed by atoms with van der Waals surface area (Å²) in [5.74, 6) is 0.260. The average molecular weight is 354 g/mol. The molecule has 1 saturated heterocycles. The van der Waals surface area contributed by atoms with E-state index in [-0.39, 0.29) is 17.7 Å². The lowest BCUT2D eigenvalue weighted by atomic mass is 10.0. The highest BCUT2D eigenvalue weighted by molar-refractivity contribution is 5.97. The molecule has 1 aromatic heterocycles. The number of hydrogen-bond acceptors (Lipinski definition) is 4. The van der Waals surface area contributed by atoms with E-state index in [0.717, 1.165) is 25.1 Å². The lowest BCUT2D eigenvalue weighted by molar-refractivity contribution is 0.0708. The number of nitrogens with zero attached hydrogens (tertiary/aromatic N) is 2. The molecule has 3 rings (SSSR count). The van der Waals surface area contributed by atoms with E-state index in [4.69, 9.17) is 0 Å². The van der Waals surface area contributed by atoms with Crippen molar-refractivity contribution < 1.29 is 9.59 Å². The minimum atomic E-state index is -0.150. The molecule has 26 heavy (non-hydrogen) atoms. The third kappa shape index (κ3) is 4.12. The Labute approximate surface area is 154 Å². The normalized spacial score (nSPS) is 17.4. The standard InChI is InChI=1S/C20H26N4O2/c1-13(2)15-6-8-16(9-7-15)21-17-5-4-10-24(12-17)20(26)19-11-18(14(3)25)22-23-19/h6-9,11,13,17,21H,4-5,10,12H2,1-3H3,(H,22,23)/t17-/m1/s1. The van der Waals surface area contributed by atoms with E-state index >= 15 is 0 Å². The van der Waals surface area contributed by atoms with E-state index in [1.54, 1.807) is 0 Å². The van der Waals surface area contributed by atoms with Crippen LogP contribution in [0.15, 0.2) is 30.3 Å². The van der Waals surface area contributed by atoms with Gasteiger partial charge in [-0.2, -0.15) is 5.10 Å². The summed E-state index contributed by atoms with van der Waals surface area (Å²) in [6.45, 7) is 7.16.